The fraction of sp³-hybridized carbons (Fsp3) is 0.211. The van der Waals surface area contributed by atoms with Gasteiger partial charge in [0.05, 0.1) is 66.6 Å². The summed E-state index contributed by atoms with van der Waals surface area (Å²) >= 11 is 4.14. The molecule has 0 saturated heterocycles. The van der Waals surface area contributed by atoms with Gasteiger partial charge in [-0.05, 0) is 73.6 Å². The van der Waals surface area contributed by atoms with Crippen molar-refractivity contribution >= 4 is 62.4 Å². The molecule has 0 amide bonds. The second-order valence-corrected chi connectivity index (χ2v) is 14.5. The molecular weight excluding hydrogens is 723 g/mol. The Bertz CT molecular complexity index is 2470. The van der Waals surface area contributed by atoms with Gasteiger partial charge < -0.3 is 28.1 Å². The zero-order valence-electron chi connectivity index (χ0n) is 28.8. The molecule has 1 atom stereocenters. The lowest BCUT2D eigenvalue weighted by Gasteiger charge is -2.27. The van der Waals surface area contributed by atoms with Gasteiger partial charge in [0.15, 0.2) is 25.7 Å². The number of rotatable bonds is 12. The first kappa shape index (κ1) is 35.1. The molecule has 4 heterocycles. The second-order valence-electron chi connectivity index (χ2n) is 11.2. The first-order valence-electron chi connectivity index (χ1n) is 16.2. The predicted octanol–water partition coefficient (Wildman–Crippen LogP) is 6.71. The van der Waals surface area contributed by atoms with Crippen molar-refractivity contribution in [2.75, 3.05) is 34.5 Å². The molecule has 52 heavy (non-hydrogen) atoms. The molecule has 7 rings (SSSR count). The maximum absolute atomic E-state index is 14.4. The molecule has 11 nitrogen and oxygen atoms in total. The fourth-order valence-corrected chi connectivity index (χ4v) is 8.86. The van der Waals surface area contributed by atoms with Gasteiger partial charge in [-0.3, -0.25) is 9.36 Å². The van der Waals surface area contributed by atoms with Crippen molar-refractivity contribution in [3.63, 3.8) is 0 Å². The van der Waals surface area contributed by atoms with Crippen LogP contribution in [0.15, 0.2) is 102 Å². The van der Waals surface area contributed by atoms with Crippen molar-refractivity contribution in [2.45, 2.75) is 29.3 Å². The third-order valence-electron chi connectivity index (χ3n) is 8.09. The Kier molecular flexibility index (Phi) is 10.2. The van der Waals surface area contributed by atoms with E-state index in [1.165, 1.54) is 49.0 Å². The van der Waals surface area contributed by atoms with E-state index in [2.05, 4.69) is 0 Å². The molecule has 0 aliphatic carbocycles. The molecule has 0 bridgehead atoms. The molecule has 3 aromatic carbocycles. The van der Waals surface area contributed by atoms with Crippen LogP contribution in [0.2, 0.25) is 0 Å². The average Bonchev–Trinajstić information content (AvgIpc) is 3.87. The SMILES string of the molecule is CCOC(=O)C1=C(c2ccccc2)N=c2s/c(=C\c3ccc(Sc4nc5ccc(OCC)cc5s4)o3)c(=O)n2[C@@H]1c1cc(OC)c(OC)c(OC)c1. The number of hydrogen-bond donors (Lipinski definition) is 0. The number of carbonyl (C=O) groups is 1. The van der Waals surface area contributed by atoms with Crippen LogP contribution in [-0.2, 0) is 9.53 Å². The van der Waals surface area contributed by atoms with E-state index >= 15 is 0 Å². The van der Waals surface area contributed by atoms with Crippen molar-refractivity contribution in [1.29, 1.82) is 0 Å². The molecule has 0 unspecified atom stereocenters. The van der Waals surface area contributed by atoms with Crippen LogP contribution in [0.3, 0.4) is 0 Å². The molecule has 0 saturated carbocycles. The van der Waals surface area contributed by atoms with Gasteiger partial charge in [-0.15, -0.1) is 11.3 Å². The summed E-state index contributed by atoms with van der Waals surface area (Å²) < 4.78 is 38.0. The quantitative estimate of drug-likeness (QED) is 0.125. The minimum Gasteiger partial charge on any atom is -0.494 e. The number of fused-ring (bicyclic) bond motifs is 2. The fourth-order valence-electron chi connectivity index (χ4n) is 5.88. The normalized spacial score (nSPS) is 14.2. The van der Waals surface area contributed by atoms with Crippen LogP contribution in [0.4, 0.5) is 0 Å². The summed E-state index contributed by atoms with van der Waals surface area (Å²) in [7, 11) is 4.53. The topological polar surface area (TPSA) is 124 Å². The summed E-state index contributed by atoms with van der Waals surface area (Å²) in [6, 6.07) is 21.3. The van der Waals surface area contributed by atoms with Crippen LogP contribution >= 0.6 is 34.4 Å². The van der Waals surface area contributed by atoms with Crippen LogP contribution in [0, 0.1) is 0 Å². The van der Waals surface area contributed by atoms with Crippen LogP contribution in [0.25, 0.3) is 22.0 Å². The molecule has 3 aromatic heterocycles. The van der Waals surface area contributed by atoms with Crippen molar-refractivity contribution in [2.24, 2.45) is 4.99 Å². The van der Waals surface area contributed by atoms with Crippen molar-refractivity contribution in [1.82, 2.24) is 9.55 Å². The molecule has 266 valence electrons. The molecule has 0 radical (unpaired) electrons. The first-order chi connectivity index (χ1) is 25.3. The highest BCUT2D eigenvalue weighted by Gasteiger charge is 2.36. The average molecular weight is 756 g/mol. The number of furan rings is 1. The Morgan fingerprint density at radius 1 is 0.942 bits per heavy atom. The third-order valence-corrected chi connectivity index (χ3v) is 11.1. The van der Waals surface area contributed by atoms with Gasteiger partial charge in [0.2, 0.25) is 5.75 Å². The molecule has 0 spiro atoms. The lowest BCUT2D eigenvalue weighted by molar-refractivity contribution is -0.138. The zero-order valence-corrected chi connectivity index (χ0v) is 31.3. The second kappa shape index (κ2) is 15.1. The third kappa shape index (κ3) is 6.72. The van der Waals surface area contributed by atoms with Gasteiger partial charge in [0.25, 0.3) is 5.56 Å². The number of thiazole rings is 2. The van der Waals surface area contributed by atoms with E-state index in [-0.39, 0.29) is 17.7 Å². The minimum absolute atomic E-state index is 0.126. The molecule has 1 aliphatic rings. The number of esters is 1. The van der Waals surface area contributed by atoms with Gasteiger partial charge in [-0.1, -0.05) is 41.7 Å². The smallest absolute Gasteiger partial charge is 0.338 e. The van der Waals surface area contributed by atoms with Crippen LogP contribution in [0.5, 0.6) is 23.0 Å². The summed E-state index contributed by atoms with van der Waals surface area (Å²) in [5.74, 6) is 1.78. The van der Waals surface area contributed by atoms with E-state index in [0.717, 1.165) is 20.3 Å². The van der Waals surface area contributed by atoms with E-state index in [1.54, 1.807) is 42.5 Å². The van der Waals surface area contributed by atoms with E-state index in [9.17, 15) is 9.59 Å². The van der Waals surface area contributed by atoms with Crippen LogP contribution in [-0.4, -0.2) is 50.1 Å². The van der Waals surface area contributed by atoms with E-state index in [4.69, 9.17) is 38.1 Å². The van der Waals surface area contributed by atoms with E-state index < -0.39 is 12.0 Å². The summed E-state index contributed by atoms with van der Waals surface area (Å²) in [5.41, 5.74) is 2.33. The lowest BCUT2D eigenvalue weighted by atomic mass is 9.92. The van der Waals surface area contributed by atoms with Gasteiger partial charge in [0, 0.05) is 11.6 Å². The Labute approximate surface area is 310 Å². The number of benzene rings is 3. The van der Waals surface area contributed by atoms with E-state index in [0.29, 0.717) is 60.9 Å². The summed E-state index contributed by atoms with van der Waals surface area (Å²) in [4.78, 5) is 38.4. The Morgan fingerprint density at radius 3 is 2.40 bits per heavy atom. The van der Waals surface area contributed by atoms with Gasteiger partial charge in [0.1, 0.15) is 11.5 Å². The standard InChI is InChI=1S/C38H33N3O8S3/c1-6-47-23-13-15-25-28(19-23)51-38(39-25)52-30-16-14-24(49-30)20-29-35(42)41-33(22-17-26(44-3)34(46-5)27(18-22)45-4)31(36(43)48-7-2)32(40-37(41)50-29)21-11-9-8-10-12-21/h8-20,33H,6-7H2,1-5H3/b29-20-/t33-/m1/s1. The highest BCUT2D eigenvalue weighted by Crippen LogP contribution is 2.43. The zero-order chi connectivity index (χ0) is 36.4. The molecule has 6 aromatic rings. The summed E-state index contributed by atoms with van der Waals surface area (Å²) in [5, 5.41) is 0.620. The monoisotopic (exact) mass is 755 g/mol. The van der Waals surface area contributed by atoms with Gasteiger partial charge >= 0.3 is 5.97 Å². The molecule has 0 N–H and O–H groups in total. The Balaban J connectivity index is 1.35. The Hall–Kier alpha value is -5.31. The van der Waals surface area contributed by atoms with Crippen LogP contribution in [0.1, 0.15) is 36.8 Å². The van der Waals surface area contributed by atoms with Gasteiger partial charge in [-0.2, -0.15) is 0 Å². The number of carbonyl (C=O) groups excluding carboxylic acids is 1. The van der Waals surface area contributed by atoms with Gasteiger partial charge in [-0.25, -0.2) is 14.8 Å². The van der Waals surface area contributed by atoms with Crippen molar-refractivity contribution in [3.05, 3.63) is 115 Å². The first-order valence-corrected chi connectivity index (χ1v) is 18.7. The maximum atomic E-state index is 14.4. The highest BCUT2D eigenvalue weighted by atomic mass is 32.2. The predicted molar refractivity (Wildman–Crippen MR) is 201 cm³/mol. The molecular formula is C38H33N3O8S3. The number of ether oxygens (including phenoxy) is 5. The van der Waals surface area contributed by atoms with Crippen molar-refractivity contribution in [3.8, 4) is 23.0 Å². The Morgan fingerprint density at radius 2 is 1.71 bits per heavy atom. The lowest BCUT2D eigenvalue weighted by Crippen LogP contribution is -2.40. The van der Waals surface area contributed by atoms with Crippen LogP contribution < -0.4 is 33.8 Å². The number of methoxy groups -OCH3 is 3. The molecule has 0 fully saturated rings. The number of hydrogen-bond acceptors (Lipinski definition) is 13. The van der Waals surface area contributed by atoms with E-state index in [1.807, 2.05) is 61.5 Å². The maximum Gasteiger partial charge on any atom is 0.338 e. The summed E-state index contributed by atoms with van der Waals surface area (Å²) in [6.45, 7) is 4.40. The highest BCUT2D eigenvalue weighted by molar-refractivity contribution is 8.01. The minimum atomic E-state index is -0.952. The molecule has 14 heteroatoms. The number of nitrogens with zero attached hydrogens (tertiary/aromatic N) is 3. The van der Waals surface area contributed by atoms with Crippen molar-refractivity contribution < 1.29 is 32.9 Å². The number of aromatic nitrogens is 2. The largest absolute Gasteiger partial charge is 0.494 e. The summed E-state index contributed by atoms with van der Waals surface area (Å²) in [6.07, 6.45) is 1.68. The molecule has 1 aliphatic heterocycles.